The first-order chi connectivity index (χ1) is 40.9. The minimum absolute atomic E-state index is 0.0452. The van der Waals surface area contributed by atoms with Crippen LogP contribution >= 0.6 is 0 Å². The summed E-state index contributed by atoms with van der Waals surface area (Å²) in [6.07, 6.45) is 39.8. The van der Waals surface area contributed by atoms with E-state index in [1.807, 2.05) is 0 Å². The highest BCUT2D eigenvalue weighted by atomic mass is 15.2. The third-order valence-corrected chi connectivity index (χ3v) is 22.4. The Morgan fingerprint density at radius 3 is 0.738 bits per heavy atom. The maximum Gasteiger partial charge on any atom is 0.0620 e. The molecule has 2 nitrogen and oxygen atoms in total. The predicted octanol–water partition coefficient (Wildman–Crippen LogP) is 25.8. The van der Waals surface area contributed by atoms with Gasteiger partial charge in [-0.25, -0.2) is 0 Å². The van der Waals surface area contributed by atoms with Crippen molar-refractivity contribution in [2.24, 2.45) is 0 Å². The van der Waals surface area contributed by atoms with Gasteiger partial charge in [-0.1, -0.05) is 218 Å². The average Bonchev–Trinajstić information content (AvgIpc) is 1.65. The monoisotopic (exact) mass is 1120 g/mol. The summed E-state index contributed by atoms with van der Waals surface area (Å²) in [5, 5.41) is 5.57. The number of anilines is 6. The van der Waals surface area contributed by atoms with E-state index in [0.717, 1.165) is 0 Å². The van der Waals surface area contributed by atoms with E-state index in [2.05, 4.69) is 173 Å². The molecule has 442 valence electrons. The highest BCUT2D eigenvalue weighted by Crippen LogP contribution is 2.55. The summed E-state index contributed by atoms with van der Waals surface area (Å²) in [7, 11) is 0. The van der Waals surface area contributed by atoms with E-state index in [1.54, 1.807) is 22.3 Å². The lowest BCUT2D eigenvalue weighted by Crippen LogP contribution is -2.18. The second kappa shape index (κ2) is 25.2. The largest absolute Gasteiger partial charge is 0.309 e. The van der Waals surface area contributed by atoms with Crippen LogP contribution in [-0.2, 0) is 10.8 Å². The molecule has 0 aromatic heterocycles. The SMILES string of the molecule is CC(C)(C)c1ccc(N(c2cc(C3CCCCC3)cc(C3CCCCC3)c2)c2c3ccc(C4CCCCC4)cc3c(N(c3ccc(C(C)(C)C)cc3)c3cc(C4CCCCC4)cc(C4CCCCC4)c3)c3ccc(C4CCCCC4)cc23)cc1. The van der Waals surface area contributed by atoms with E-state index < -0.39 is 0 Å². The predicted molar refractivity (Wildman–Crippen MR) is 363 cm³/mol. The van der Waals surface area contributed by atoms with Gasteiger partial charge in [-0.05, 0) is 229 Å². The molecule has 0 atom stereocenters. The average molecular weight is 1120 g/mol. The van der Waals surface area contributed by atoms with Gasteiger partial charge in [0.2, 0.25) is 0 Å². The number of rotatable bonds is 12. The number of fused-ring (bicyclic) bond motifs is 2. The van der Waals surface area contributed by atoms with Gasteiger partial charge in [-0.2, -0.15) is 0 Å². The van der Waals surface area contributed by atoms with Crippen LogP contribution < -0.4 is 9.80 Å². The lowest BCUT2D eigenvalue weighted by Gasteiger charge is -2.36. The van der Waals surface area contributed by atoms with Crippen LogP contribution in [0.3, 0.4) is 0 Å². The lowest BCUT2D eigenvalue weighted by atomic mass is 9.79. The van der Waals surface area contributed by atoms with Crippen molar-refractivity contribution in [3.63, 3.8) is 0 Å². The topological polar surface area (TPSA) is 6.48 Å². The summed E-state index contributed by atoms with van der Waals surface area (Å²) in [6, 6.07) is 52.2. The normalized spacial score (nSPS) is 20.0. The Morgan fingerprint density at radius 2 is 0.488 bits per heavy atom. The highest BCUT2D eigenvalue weighted by molar-refractivity contribution is 6.23. The Kier molecular flexibility index (Phi) is 17.3. The van der Waals surface area contributed by atoms with E-state index in [1.165, 1.54) is 271 Å². The Balaban J connectivity index is 1.15. The Bertz CT molecular complexity index is 3040. The zero-order chi connectivity index (χ0) is 57.4. The van der Waals surface area contributed by atoms with Crippen LogP contribution in [0.25, 0.3) is 21.5 Å². The Labute approximate surface area is 509 Å². The third-order valence-electron chi connectivity index (χ3n) is 22.4. The van der Waals surface area contributed by atoms with Crippen molar-refractivity contribution in [1.29, 1.82) is 0 Å². The first-order valence-corrected chi connectivity index (χ1v) is 35.1. The van der Waals surface area contributed by atoms with E-state index >= 15 is 0 Å². The summed E-state index contributed by atoms with van der Waals surface area (Å²) in [5.74, 6) is 3.58. The van der Waals surface area contributed by atoms with Crippen molar-refractivity contribution >= 4 is 55.7 Å². The molecular weight excluding hydrogens is 1010 g/mol. The second-order valence-electron chi connectivity index (χ2n) is 30.3. The molecule has 0 radical (unpaired) electrons. The van der Waals surface area contributed by atoms with Crippen LogP contribution in [0.15, 0.2) is 121 Å². The molecule has 0 saturated heterocycles. The van der Waals surface area contributed by atoms with Gasteiger partial charge in [0.1, 0.15) is 0 Å². The highest BCUT2D eigenvalue weighted by Gasteiger charge is 2.32. The molecule has 6 saturated carbocycles. The molecule has 2 heteroatoms. The van der Waals surface area contributed by atoms with Crippen molar-refractivity contribution in [3.05, 3.63) is 166 Å². The fourth-order valence-corrected chi connectivity index (χ4v) is 17.4. The summed E-state index contributed by atoms with van der Waals surface area (Å²) in [4.78, 5) is 5.66. The molecule has 6 fully saturated rings. The number of benzene rings is 7. The van der Waals surface area contributed by atoms with Crippen LogP contribution in [0, 0.1) is 0 Å². The van der Waals surface area contributed by atoms with E-state index in [0.29, 0.717) is 35.5 Å². The molecule has 0 spiro atoms. The molecule has 0 unspecified atom stereocenters. The van der Waals surface area contributed by atoms with Gasteiger partial charge in [0.15, 0.2) is 0 Å². The minimum Gasteiger partial charge on any atom is -0.309 e. The molecule has 84 heavy (non-hydrogen) atoms. The Hall–Kier alpha value is -5.34. The molecule has 0 amide bonds. The first-order valence-electron chi connectivity index (χ1n) is 35.1. The minimum atomic E-state index is 0.0452. The van der Waals surface area contributed by atoms with Crippen molar-refractivity contribution in [2.75, 3.05) is 9.80 Å². The molecular formula is C82H104N2. The lowest BCUT2D eigenvalue weighted by molar-refractivity contribution is 0.435. The van der Waals surface area contributed by atoms with Gasteiger partial charge in [-0.3, -0.25) is 0 Å². The van der Waals surface area contributed by atoms with E-state index in [9.17, 15) is 0 Å². The second-order valence-corrected chi connectivity index (χ2v) is 30.3. The van der Waals surface area contributed by atoms with Crippen LogP contribution in [0.1, 0.15) is 314 Å². The standard InChI is InChI=1S/C82H104N2/c1-81(2,3)69-39-43-71(44-40-69)83(73-51-65(59-29-17-9-18-30-59)49-66(52-73)60-31-19-10-20-32-60)79-75-47-37-64(58-27-15-8-16-28-58)56-78(75)80(76-48-38-63(55-77(76)79)57-25-13-7-14-26-57)84(72-45-41-70(42-46-72)82(4,5)6)74-53-67(61-33-21-11-22-34-61)50-68(54-74)62-35-23-12-24-36-62/h37-62H,7-36H2,1-6H3. The molecule has 0 bridgehead atoms. The molecule has 0 aliphatic heterocycles. The molecule has 6 aliphatic carbocycles. The summed E-state index contributed by atoms with van der Waals surface area (Å²) in [5.41, 5.74) is 20.3. The third kappa shape index (κ3) is 12.3. The van der Waals surface area contributed by atoms with Gasteiger partial charge in [0, 0.05) is 44.3 Å². The van der Waals surface area contributed by atoms with Crippen molar-refractivity contribution in [3.8, 4) is 0 Å². The maximum absolute atomic E-state index is 2.83. The smallest absolute Gasteiger partial charge is 0.0620 e. The molecule has 0 N–H and O–H groups in total. The number of hydrogen-bond acceptors (Lipinski definition) is 2. The first kappa shape index (κ1) is 57.7. The maximum atomic E-state index is 2.83. The molecule has 7 aromatic carbocycles. The Morgan fingerprint density at radius 1 is 0.238 bits per heavy atom. The van der Waals surface area contributed by atoms with Crippen LogP contribution in [0.2, 0.25) is 0 Å². The van der Waals surface area contributed by atoms with Gasteiger partial charge < -0.3 is 9.80 Å². The van der Waals surface area contributed by atoms with Crippen molar-refractivity contribution < 1.29 is 0 Å². The van der Waals surface area contributed by atoms with Gasteiger partial charge in [0.05, 0.1) is 11.4 Å². The molecule has 13 rings (SSSR count). The molecule has 6 aliphatic rings. The summed E-state index contributed by atoms with van der Waals surface area (Å²) >= 11 is 0. The molecule has 7 aromatic rings. The summed E-state index contributed by atoms with van der Waals surface area (Å²) in [6.45, 7) is 14.3. The fourth-order valence-electron chi connectivity index (χ4n) is 17.4. The zero-order valence-electron chi connectivity index (χ0n) is 53.1. The van der Waals surface area contributed by atoms with Crippen LogP contribution in [-0.4, -0.2) is 0 Å². The zero-order valence-corrected chi connectivity index (χ0v) is 53.1. The van der Waals surface area contributed by atoms with Gasteiger partial charge in [-0.15, -0.1) is 0 Å². The molecule has 0 heterocycles. The van der Waals surface area contributed by atoms with Gasteiger partial charge >= 0.3 is 0 Å². The van der Waals surface area contributed by atoms with Crippen LogP contribution in [0.5, 0.6) is 0 Å². The van der Waals surface area contributed by atoms with E-state index in [-0.39, 0.29) is 10.8 Å². The van der Waals surface area contributed by atoms with Crippen molar-refractivity contribution in [2.45, 2.75) is 281 Å². The van der Waals surface area contributed by atoms with Crippen LogP contribution in [0.4, 0.5) is 34.1 Å². The van der Waals surface area contributed by atoms with Crippen molar-refractivity contribution in [1.82, 2.24) is 0 Å². The summed E-state index contributed by atoms with van der Waals surface area (Å²) < 4.78 is 0. The number of hydrogen-bond donors (Lipinski definition) is 0. The van der Waals surface area contributed by atoms with Gasteiger partial charge in [0.25, 0.3) is 0 Å². The fraction of sp³-hybridized carbons (Fsp3) is 0.537. The quantitative estimate of drug-likeness (QED) is 0.0889. The number of nitrogens with zero attached hydrogens (tertiary/aromatic N) is 2. The van der Waals surface area contributed by atoms with E-state index in [4.69, 9.17) is 0 Å².